The number of fused-ring (bicyclic) bond motifs is 1. The van der Waals surface area contributed by atoms with Crippen molar-refractivity contribution in [1.29, 1.82) is 0 Å². The van der Waals surface area contributed by atoms with E-state index in [0.717, 1.165) is 62.0 Å². The standard InChI is InChI=1S/C25H27N3O5S/c1-31-16-10-8-15(9-11-16)20-13-19(28-33-20)23(29)27-25-22(18-6-2-3-7-21(18)34-25)24(30)26-14-17-5-4-12-32-17/h8-11,13,17H,2-7,12,14H2,1H3,(H,26,30)(H,27,29)/t17-/m0/s1. The summed E-state index contributed by atoms with van der Waals surface area (Å²) in [6.45, 7) is 1.22. The van der Waals surface area contributed by atoms with Crippen molar-refractivity contribution in [3.63, 3.8) is 0 Å². The van der Waals surface area contributed by atoms with Crippen molar-refractivity contribution in [1.82, 2.24) is 10.5 Å². The number of nitrogens with zero attached hydrogens (tertiary/aromatic N) is 1. The van der Waals surface area contributed by atoms with Crippen LogP contribution < -0.4 is 15.4 Å². The summed E-state index contributed by atoms with van der Waals surface area (Å²) in [5.74, 6) is 0.639. The van der Waals surface area contributed by atoms with E-state index >= 15 is 0 Å². The first-order valence-electron chi connectivity index (χ1n) is 11.6. The maximum Gasteiger partial charge on any atom is 0.278 e. The Kier molecular flexibility index (Phi) is 6.64. The van der Waals surface area contributed by atoms with Crippen molar-refractivity contribution in [3.05, 3.63) is 52.0 Å². The van der Waals surface area contributed by atoms with Crippen LogP contribution in [0.4, 0.5) is 5.00 Å². The SMILES string of the molecule is COc1ccc(-c2cc(C(=O)Nc3sc4c(c3C(=O)NC[C@@H]3CCCO3)CCCC4)no2)cc1. The van der Waals surface area contributed by atoms with Crippen LogP contribution >= 0.6 is 11.3 Å². The lowest BCUT2D eigenvalue weighted by Crippen LogP contribution is -2.32. The van der Waals surface area contributed by atoms with E-state index in [1.165, 1.54) is 16.2 Å². The van der Waals surface area contributed by atoms with E-state index in [4.69, 9.17) is 14.0 Å². The smallest absolute Gasteiger partial charge is 0.278 e. The van der Waals surface area contributed by atoms with Crippen molar-refractivity contribution < 1.29 is 23.6 Å². The molecule has 1 aliphatic heterocycles. The Labute approximate surface area is 201 Å². The summed E-state index contributed by atoms with van der Waals surface area (Å²) in [5, 5.41) is 10.4. The van der Waals surface area contributed by atoms with Crippen LogP contribution in [0.2, 0.25) is 0 Å². The third kappa shape index (κ3) is 4.71. The van der Waals surface area contributed by atoms with Crippen molar-refractivity contribution in [2.75, 3.05) is 25.6 Å². The predicted octanol–water partition coefficient (Wildman–Crippen LogP) is 4.45. The second-order valence-electron chi connectivity index (χ2n) is 8.52. The number of carbonyl (C=O) groups is 2. The molecule has 1 atom stereocenters. The highest BCUT2D eigenvalue weighted by atomic mass is 32.1. The van der Waals surface area contributed by atoms with E-state index in [-0.39, 0.29) is 17.7 Å². The molecule has 178 valence electrons. The summed E-state index contributed by atoms with van der Waals surface area (Å²) in [5.41, 5.74) is 2.57. The fourth-order valence-electron chi connectivity index (χ4n) is 4.44. The molecule has 2 aromatic heterocycles. The number of amides is 2. The largest absolute Gasteiger partial charge is 0.497 e. The lowest BCUT2D eigenvalue weighted by atomic mass is 9.95. The van der Waals surface area contributed by atoms with Crippen LogP contribution in [-0.4, -0.2) is 43.3 Å². The zero-order chi connectivity index (χ0) is 23.5. The molecular weight excluding hydrogens is 454 g/mol. The van der Waals surface area contributed by atoms with E-state index < -0.39 is 5.91 Å². The van der Waals surface area contributed by atoms with Gasteiger partial charge in [0, 0.05) is 29.7 Å². The topological polar surface area (TPSA) is 103 Å². The summed E-state index contributed by atoms with van der Waals surface area (Å²) >= 11 is 1.48. The van der Waals surface area contributed by atoms with Gasteiger partial charge in [0.15, 0.2) is 11.5 Å². The number of aromatic nitrogens is 1. The average molecular weight is 482 g/mol. The molecule has 0 radical (unpaired) electrons. The third-order valence-electron chi connectivity index (χ3n) is 6.26. The molecule has 2 N–H and O–H groups in total. The van der Waals surface area contributed by atoms with Gasteiger partial charge < -0.3 is 24.6 Å². The van der Waals surface area contributed by atoms with Gasteiger partial charge in [-0.05, 0) is 68.4 Å². The van der Waals surface area contributed by atoms with Gasteiger partial charge in [0.2, 0.25) is 0 Å². The summed E-state index contributed by atoms with van der Waals surface area (Å²) in [7, 11) is 1.60. The van der Waals surface area contributed by atoms with Crippen molar-refractivity contribution >= 4 is 28.2 Å². The number of nitrogens with one attached hydrogen (secondary N) is 2. The Morgan fingerprint density at radius 1 is 1.15 bits per heavy atom. The lowest BCUT2D eigenvalue weighted by molar-refractivity contribution is 0.0858. The second-order valence-corrected chi connectivity index (χ2v) is 9.62. The fraction of sp³-hybridized carbons (Fsp3) is 0.400. The highest BCUT2D eigenvalue weighted by Crippen LogP contribution is 2.38. The molecule has 1 aliphatic carbocycles. The van der Waals surface area contributed by atoms with E-state index in [9.17, 15) is 9.59 Å². The van der Waals surface area contributed by atoms with Crippen LogP contribution in [0.5, 0.6) is 5.75 Å². The highest BCUT2D eigenvalue weighted by Gasteiger charge is 2.28. The zero-order valence-electron chi connectivity index (χ0n) is 19.0. The second kappa shape index (κ2) is 9.99. The molecule has 0 bridgehead atoms. The molecule has 1 aromatic carbocycles. The Morgan fingerprint density at radius 2 is 1.97 bits per heavy atom. The molecule has 2 aliphatic rings. The van der Waals surface area contributed by atoms with Crippen molar-refractivity contribution in [3.8, 4) is 17.1 Å². The monoisotopic (exact) mass is 481 g/mol. The molecule has 0 spiro atoms. The molecule has 1 fully saturated rings. The first-order chi connectivity index (χ1) is 16.6. The molecule has 2 amide bonds. The maximum atomic E-state index is 13.2. The van der Waals surface area contributed by atoms with Gasteiger partial charge in [-0.2, -0.15) is 0 Å². The number of anilines is 1. The quantitative estimate of drug-likeness (QED) is 0.517. The number of rotatable bonds is 7. The Balaban J connectivity index is 1.34. The van der Waals surface area contributed by atoms with Crippen LogP contribution in [-0.2, 0) is 17.6 Å². The summed E-state index contributed by atoms with van der Waals surface area (Å²) < 4.78 is 16.2. The van der Waals surface area contributed by atoms with Gasteiger partial charge in [-0.15, -0.1) is 11.3 Å². The maximum absolute atomic E-state index is 13.2. The van der Waals surface area contributed by atoms with Gasteiger partial charge in [-0.25, -0.2) is 0 Å². The van der Waals surface area contributed by atoms with E-state index in [2.05, 4.69) is 15.8 Å². The lowest BCUT2D eigenvalue weighted by Gasteiger charge is -2.15. The summed E-state index contributed by atoms with van der Waals surface area (Å²) in [6, 6.07) is 8.90. The van der Waals surface area contributed by atoms with Crippen LogP contribution in [0.3, 0.4) is 0 Å². The molecule has 3 aromatic rings. The number of thiophene rings is 1. The van der Waals surface area contributed by atoms with Crippen LogP contribution in [0.25, 0.3) is 11.3 Å². The number of hydrogen-bond acceptors (Lipinski definition) is 7. The number of hydrogen-bond donors (Lipinski definition) is 2. The number of aryl methyl sites for hydroxylation is 1. The number of ether oxygens (including phenoxy) is 2. The molecule has 34 heavy (non-hydrogen) atoms. The number of methoxy groups -OCH3 is 1. The average Bonchev–Trinajstić information content (AvgIpc) is 3.62. The Bertz CT molecular complexity index is 1180. The normalized spacial score (nSPS) is 17.3. The fourth-order valence-corrected chi connectivity index (χ4v) is 5.72. The molecule has 3 heterocycles. The van der Waals surface area contributed by atoms with Gasteiger partial charge in [0.1, 0.15) is 10.8 Å². The van der Waals surface area contributed by atoms with Crippen LogP contribution in [0.15, 0.2) is 34.9 Å². The van der Waals surface area contributed by atoms with E-state index in [1.54, 1.807) is 13.2 Å². The van der Waals surface area contributed by atoms with Gasteiger partial charge in [-0.1, -0.05) is 5.16 Å². The molecule has 8 nitrogen and oxygen atoms in total. The predicted molar refractivity (Wildman–Crippen MR) is 129 cm³/mol. The van der Waals surface area contributed by atoms with Gasteiger partial charge >= 0.3 is 0 Å². The number of benzene rings is 1. The van der Waals surface area contributed by atoms with Crippen molar-refractivity contribution in [2.24, 2.45) is 0 Å². The first-order valence-corrected chi connectivity index (χ1v) is 12.4. The molecule has 0 saturated carbocycles. The Hall–Kier alpha value is -3.17. The van der Waals surface area contributed by atoms with Crippen LogP contribution in [0, 0.1) is 0 Å². The molecule has 9 heteroatoms. The first kappa shape index (κ1) is 22.6. The summed E-state index contributed by atoms with van der Waals surface area (Å²) in [6.07, 6.45) is 5.93. The third-order valence-corrected chi connectivity index (χ3v) is 7.46. The van der Waals surface area contributed by atoms with E-state index in [0.29, 0.717) is 22.9 Å². The minimum absolute atomic E-state index is 0.0583. The van der Waals surface area contributed by atoms with Gasteiger partial charge in [0.05, 0.1) is 18.8 Å². The van der Waals surface area contributed by atoms with E-state index in [1.807, 2.05) is 24.3 Å². The molecule has 0 unspecified atom stereocenters. The Morgan fingerprint density at radius 3 is 2.74 bits per heavy atom. The highest BCUT2D eigenvalue weighted by molar-refractivity contribution is 7.17. The minimum Gasteiger partial charge on any atom is -0.497 e. The number of carbonyl (C=O) groups excluding carboxylic acids is 2. The molecule has 5 rings (SSSR count). The van der Waals surface area contributed by atoms with Gasteiger partial charge in [-0.3, -0.25) is 9.59 Å². The van der Waals surface area contributed by atoms with Gasteiger partial charge in [0.25, 0.3) is 11.8 Å². The molecular formula is C25H27N3O5S. The van der Waals surface area contributed by atoms with Crippen molar-refractivity contribution in [2.45, 2.75) is 44.6 Å². The molecule has 1 saturated heterocycles. The summed E-state index contributed by atoms with van der Waals surface area (Å²) in [4.78, 5) is 27.3. The van der Waals surface area contributed by atoms with Crippen LogP contribution in [0.1, 0.15) is 57.0 Å². The minimum atomic E-state index is -0.407. The zero-order valence-corrected chi connectivity index (χ0v) is 19.8.